The molecule has 130 valence electrons. The molecular weight excluding hydrogens is 342 g/mol. The van der Waals surface area contributed by atoms with Gasteiger partial charge in [0.2, 0.25) is 5.91 Å². The lowest BCUT2D eigenvalue weighted by Crippen LogP contribution is -2.33. The quantitative estimate of drug-likeness (QED) is 0.880. The highest BCUT2D eigenvalue weighted by molar-refractivity contribution is 6.31. The van der Waals surface area contributed by atoms with E-state index in [1.165, 1.54) is 4.90 Å². The molecule has 1 unspecified atom stereocenters. The number of nitrogens with zero attached hydrogens (tertiary/aromatic N) is 1. The van der Waals surface area contributed by atoms with Crippen molar-refractivity contribution < 1.29 is 14.3 Å². The van der Waals surface area contributed by atoms with E-state index in [1.54, 1.807) is 26.2 Å². The third-order valence-corrected chi connectivity index (χ3v) is 4.01. The lowest BCUT2D eigenvalue weighted by Gasteiger charge is -2.26. The molecule has 2 amide bonds. The van der Waals surface area contributed by atoms with Crippen LogP contribution in [0.4, 0.5) is 11.4 Å². The molecule has 3 rings (SSSR count). The molecule has 6 nitrogen and oxygen atoms in total. The minimum Gasteiger partial charge on any atom is -0.479 e. The van der Waals surface area contributed by atoms with Crippen LogP contribution < -0.4 is 15.4 Å². The largest absolute Gasteiger partial charge is 0.479 e. The zero-order valence-electron chi connectivity index (χ0n) is 13.9. The maximum atomic E-state index is 12.7. The summed E-state index contributed by atoms with van der Waals surface area (Å²) in [5, 5.41) is 6.36. The number of fused-ring (bicyclic) bond motifs is 1. The van der Waals surface area contributed by atoms with E-state index in [0.717, 1.165) is 5.56 Å². The lowest BCUT2D eigenvalue weighted by molar-refractivity contribution is -0.129. The lowest BCUT2D eigenvalue weighted by atomic mass is 10.0. The first-order valence-electron chi connectivity index (χ1n) is 7.74. The second-order valence-electron chi connectivity index (χ2n) is 5.89. The molecule has 7 heteroatoms. The molecule has 1 aliphatic heterocycles. The first-order valence-corrected chi connectivity index (χ1v) is 8.12. The number of rotatable bonds is 4. The molecule has 1 aliphatic rings. The van der Waals surface area contributed by atoms with Crippen molar-refractivity contribution in [3.05, 3.63) is 53.1 Å². The molecule has 1 heterocycles. The van der Waals surface area contributed by atoms with E-state index in [0.29, 0.717) is 22.1 Å². The predicted octanol–water partition coefficient (Wildman–Crippen LogP) is 2.91. The van der Waals surface area contributed by atoms with Crippen LogP contribution in [0.2, 0.25) is 5.02 Å². The average Bonchev–Trinajstić information content (AvgIpc) is 2.59. The molecule has 0 saturated carbocycles. The Hall–Kier alpha value is -2.73. The Kier molecular flexibility index (Phi) is 4.81. The van der Waals surface area contributed by atoms with Crippen molar-refractivity contribution in [3.8, 4) is 5.75 Å². The minimum atomic E-state index is -0.611. The molecule has 0 radical (unpaired) electrons. The van der Waals surface area contributed by atoms with Crippen molar-refractivity contribution in [2.75, 3.05) is 31.3 Å². The van der Waals surface area contributed by atoms with Crippen molar-refractivity contribution in [1.82, 2.24) is 4.90 Å². The number of nitrogens with one attached hydrogen (secondary N) is 2. The van der Waals surface area contributed by atoms with Gasteiger partial charge in [-0.05, 0) is 17.7 Å². The summed E-state index contributed by atoms with van der Waals surface area (Å²) in [6.45, 7) is -0.0824. The number of likely N-dealkylation sites (N-methyl/N-ethyl adjacent to an activating group) is 1. The maximum Gasteiger partial charge on any atom is 0.262 e. The van der Waals surface area contributed by atoms with Gasteiger partial charge in [-0.3, -0.25) is 9.59 Å². The highest BCUT2D eigenvalue weighted by atomic mass is 35.5. The number of hydrogen-bond acceptors (Lipinski definition) is 4. The van der Waals surface area contributed by atoms with E-state index in [4.69, 9.17) is 16.3 Å². The Morgan fingerprint density at radius 2 is 2.00 bits per heavy atom. The molecule has 0 spiro atoms. The number of carbonyl (C=O) groups is 2. The van der Waals surface area contributed by atoms with Gasteiger partial charge >= 0.3 is 0 Å². The van der Waals surface area contributed by atoms with E-state index in [1.807, 2.05) is 30.3 Å². The second kappa shape index (κ2) is 7.03. The smallest absolute Gasteiger partial charge is 0.262 e. The zero-order valence-corrected chi connectivity index (χ0v) is 14.6. The van der Waals surface area contributed by atoms with E-state index in [2.05, 4.69) is 10.6 Å². The minimum absolute atomic E-state index is 0.0824. The van der Waals surface area contributed by atoms with E-state index < -0.39 is 6.04 Å². The molecule has 0 saturated heterocycles. The third kappa shape index (κ3) is 3.69. The van der Waals surface area contributed by atoms with Gasteiger partial charge in [-0.15, -0.1) is 0 Å². The molecule has 25 heavy (non-hydrogen) atoms. The number of halogens is 1. The number of amides is 2. The molecule has 0 bridgehead atoms. The fraction of sp³-hybridized carbons (Fsp3) is 0.222. The van der Waals surface area contributed by atoms with E-state index in [9.17, 15) is 9.59 Å². The standard InChI is InChI=1S/C18H18ClN3O3/c1-22(2)18(24)16(11-6-4-3-5-7-11)21-14-9-12(19)8-13-17(14)25-10-15(23)20-13/h3-9,16,21H,10H2,1-2H3,(H,20,23). The van der Waals surface area contributed by atoms with Crippen LogP contribution in [0.15, 0.2) is 42.5 Å². The Balaban J connectivity index is 2.00. The molecule has 2 N–H and O–H groups in total. The Labute approximate surface area is 150 Å². The Morgan fingerprint density at radius 1 is 1.28 bits per heavy atom. The van der Waals surface area contributed by atoms with Gasteiger partial charge in [-0.25, -0.2) is 0 Å². The van der Waals surface area contributed by atoms with Crippen LogP contribution in [-0.2, 0) is 9.59 Å². The van der Waals surface area contributed by atoms with Gasteiger partial charge in [0.15, 0.2) is 12.4 Å². The first-order chi connectivity index (χ1) is 12.0. The summed E-state index contributed by atoms with van der Waals surface area (Å²) in [5.41, 5.74) is 1.84. The van der Waals surface area contributed by atoms with Crippen LogP contribution in [0.25, 0.3) is 0 Å². The molecule has 2 aromatic rings. The highest BCUT2D eigenvalue weighted by Crippen LogP contribution is 2.40. The van der Waals surface area contributed by atoms with Gasteiger partial charge in [0.1, 0.15) is 6.04 Å². The molecule has 0 aliphatic carbocycles. The average molecular weight is 360 g/mol. The summed E-state index contributed by atoms with van der Waals surface area (Å²) >= 11 is 6.16. The van der Waals surface area contributed by atoms with Crippen molar-refractivity contribution >= 4 is 34.8 Å². The first kappa shape index (κ1) is 17.1. The SMILES string of the molecule is CN(C)C(=O)C(Nc1cc(Cl)cc2c1OCC(=O)N2)c1ccccc1. The normalized spacial score (nSPS) is 14.0. The van der Waals surface area contributed by atoms with Gasteiger partial charge < -0.3 is 20.3 Å². The van der Waals surface area contributed by atoms with Gasteiger partial charge in [0.25, 0.3) is 5.91 Å². The summed E-state index contributed by atoms with van der Waals surface area (Å²) in [6.07, 6.45) is 0. The highest BCUT2D eigenvalue weighted by Gasteiger charge is 2.26. The molecule has 0 aromatic heterocycles. The molecule has 1 atom stereocenters. The fourth-order valence-electron chi connectivity index (χ4n) is 2.62. The summed E-state index contributed by atoms with van der Waals surface area (Å²) < 4.78 is 5.54. The Bertz CT molecular complexity index is 809. The number of carbonyl (C=O) groups excluding carboxylic acids is 2. The third-order valence-electron chi connectivity index (χ3n) is 3.80. The topological polar surface area (TPSA) is 70.7 Å². The monoisotopic (exact) mass is 359 g/mol. The van der Waals surface area contributed by atoms with Gasteiger partial charge in [0, 0.05) is 19.1 Å². The van der Waals surface area contributed by atoms with Crippen LogP contribution in [0.5, 0.6) is 5.75 Å². The number of benzene rings is 2. The zero-order chi connectivity index (χ0) is 18.0. The van der Waals surface area contributed by atoms with Crippen LogP contribution >= 0.6 is 11.6 Å². The van der Waals surface area contributed by atoms with E-state index >= 15 is 0 Å². The van der Waals surface area contributed by atoms with Gasteiger partial charge in [-0.2, -0.15) is 0 Å². The molecular formula is C18H18ClN3O3. The summed E-state index contributed by atoms with van der Waals surface area (Å²) in [4.78, 5) is 25.7. The fourth-order valence-corrected chi connectivity index (χ4v) is 2.84. The van der Waals surface area contributed by atoms with Crippen molar-refractivity contribution in [3.63, 3.8) is 0 Å². The van der Waals surface area contributed by atoms with Crippen molar-refractivity contribution in [2.45, 2.75) is 6.04 Å². The van der Waals surface area contributed by atoms with Crippen LogP contribution in [0.1, 0.15) is 11.6 Å². The van der Waals surface area contributed by atoms with Crippen LogP contribution in [0, 0.1) is 0 Å². The van der Waals surface area contributed by atoms with E-state index in [-0.39, 0.29) is 18.4 Å². The molecule has 2 aromatic carbocycles. The molecule has 0 fully saturated rings. The number of ether oxygens (including phenoxy) is 1. The number of anilines is 2. The summed E-state index contributed by atoms with van der Waals surface area (Å²) in [7, 11) is 3.40. The second-order valence-corrected chi connectivity index (χ2v) is 6.32. The maximum absolute atomic E-state index is 12.7. The summed E-state index contributed by atoms with van der Waals surface area (Å²) in [5.74, 6) is 0.112. The predicted molar refractivity (Wildman–Crippen MR) is 97.1 cm³/mol. The number of hydrogen-bond donors (Lipinski definition) is 2. The summed E-state index contributed by atoms with van der Waals surface area (Å²) in [6, 6.07) is 12.1. The van der Waals surface area contributed by atoms with Gasteiger partial charge in [-0.1, -0.05) is 41.9 Å². The van der Waals surface area contributed by atoms with Crippen LogP contribution in [-0.4, -0.2) is 37.4 Å². The Morgan fingerprint density at radius 3 is 2.68 bits per heavy atom. The van der Waals surface area contributed by atoms with Crippen LogP contribution in [0.3, 0.4) is 0 Å². The van der Waals surface area contributed by atoms with Crippen molar-refractivity contribution in [1.29, 1.82) is 0 Å². The van der Waals surface area contributed by atoms with Gasteiger partial charge in [0.05, 0.1) is 11.4 Å². The van der Waals surface area contributed by atoms with Crippen molar-refractivity contribution in [2.24, 2.45) is 0 Å².